The standard InChI is InChI=1S/C17H14N4OS/c22-23(17-20-15-4-1-2-5-16(15)21-17)11-13-8-7-12(10-19-13)14-6-3-9-18-14/h1-10,18H,11H2,(H,20,21). The van der Waals surface area contributed by atoms with Crippen molar-refractivity contribution in [3.05, 3.63) is 66.6 Å². The highest BCUT2D eigenvalue weighted by atomic mass is 32.2. The molecular formula is C17H14N4OS. The fourth-order valence-corrected chi connectivity index (χ4v) is 3.42. The van der Waals surface area contributed by atoms with Gasteiger partial charge >= 0.3 is 0 Å². The van der Waals surface area contributed by atoms with E-state index in [1.54, 1.807) is 6.20 Å². The molecule has 4 rings (SSSR count). The SMILES string of the molecule is O=S(Cc1ccc(-c2ccc[nH]2)cn1)c1nc2ccccc2[nH]1. The van der Waals surface area contributed by atoms with Gasteiger partial charge in [-0.2, -0.15) is 0 Å². The molecule has 114 valence electrons. The van der Waals surface area contributed by atoms with Crippen molar-refractivity contribution >= 4 is 21.8 Å². The molecule has 3 heterocycles. The number of hydrogen-bond acceptors (Lipinski definition) is 3. The average Bonchev–Trinajstić information content (AvgIpc) is 3.25. The van der Waals surface area contributed by atoms with Crippen LogP contribution in [-0.2, 0) is 16.6 Å². The summed E-state index contributed by atoms with van der Waals surface area (Å²) in [7, 11) is -1.25. The number of hydrogen-bond donors (Lipinski definition) is 2. The lowest BCUT2D eigenvalue weighted by molar-refractivity contribution is 0.677. The molecule has 0 amide bonds. The first-order valence-electron chi connectivity index (χ1n) is 7.21. The van der Waals surface area contributed by atoms with Crippen molar-refractivity contribution in [2.45, 2.75) is 10.9 Å². The first-order valence-corrected chi connectivity index (χ1v) is 8.53. The number of nitrogens with one attached hydrogen (secondary N) is 2. The highest BCUT2D eigenvalue weighted by molar-refractivity contribution is 7.84. The molecule has 4 aromatic rings. The summed E-state index contributed by atoms with van der Waals surface area (Å²) in [5.41, 5.74) is 4.52. The smallest absolute Gasteiger partial charge is 0.197 e. The molecule has 1 atom stereocenters. The first-order chi connectivity index (χ1) is 11.3. The van der Waals surface area contributed by atoms with Gasteiger partial charge in [-0.05, 0) is 36.4 Å². The molecule has 0 fully saturated rings. The molecule has 0 radical (unpaired) electrons. The van der Waals surface area contributed by atoms with E-state index in [0.29, 0.717) is 10.9 Å². The Labute approximate surface area is 135 Å². The van der Waals surface area contributed by atoms with E-state index in [9.17, 15) is 4.21 Å². The summed E-state index contributed by atoms with van der Waals surface area (Å²) < 4.78 is 12.5. The van der Waals surface area contributed by atoms with E-state index in [1.165, 1.54) is 0 Å². The molecule has 0 aliphatic rings. The third-order valence-corrected chi connectivity index (χ3v) is 4.78. The number of para-hydroxylation sites is 2. The predicted molar refractivity (Wildman–Crippen MR) is 90.2 cm³/mol. The molecule has 23 heavy (non-hydrogen) atoms. The van der Waals surface area contributed by atoms with Crippen molar-refractivity contribution in [3.8, 4) is 11.3 Å². The van der Waals surface area contributed by atoms with Crippen LogP contribution in [0.2, 0.25) is 0 Å². The zero-order valence-corrected chi connectivity index (χ0v) is 13.0. The monoisotopic (exact) mass is 322 g/mol. The molecule has 0 aliphatic carbocycles. The Morgan fingerprint density at radius 1 is 1.04 bits per heavy atom. The summed E-state index contributed by atoms with van der Waals surface area (Å²) in [4.78, 5) is 15.0. The minimum absolute atomic E-state index is 0.338. The fourth-order valence-electron chi connectivity index (χ4n) is 2.42. The van der Waals surface area contributed by atoms with Crippen molar-refractivity contribution in [2.24, 2.45) is 0 Å². The normalized spacial score (nSPS) is 12.5. The fraction of sp³-hybridized carbons (Fsp3) is 0.0588. The van der Waals surface area contributed by atoms with Crippen molar-refractivity contribution in [1.82, 2.24) is 19.9 Å². The first kappa shape index (κ1) is 13.9. The van der Waals surface area contributed by atoms with Gasteiger partial charge in [0.25, 0.3) is 0 Å². The number of nitrogens with zero attached hydrogens (tertiary/aromatic N) is 2. The van der Waals surface area contributed by atoms with Crippen molar-refractivity contribution in [2.75, 3.05) is 0 Å². The lowest BCUT2D eigenvalue weighted by atomic mass is 10.2. The number of pyridine rings is 1. The number of fused-ring (bicyclic) bond motifs is 1. The zero-order chi connectivity index (χ0) is 15.6. The third kappa shape index (κ3) is 2.80. The summed E-state index contributed by atoms with van der Waals surface area (Å²) in [6, 6.07) is 15.5. The van der Waals surface area contributed by atoms with E-state index < -0.39 is 10.8 Å². The predicted octanol–water partition coefficient (Wildman–Crippen LogP) is 3.26. The highest BCUT2D eigenvalue weighted by Gasteiger charge is 2.11. The summed E-state index contributed by atoms with van der Waals surface area (Å²) in [6.07, 6.45) is 3.66. The van der Waals surface area contributed by atoms with Gasteiger partial charge in [0.05, 0.1) is 33.3 Å². The summed E-state index contributed by atoms with van der Waals surface area (Å²) in [6.45, 7) is 0. The highest BCUT2D eigenvalue weighted by Crippen LogP contribution is 2.18. The van der Waals surface area contributed by atoms with Crippen LogP contribution in [0, 0.1) is 0 Å². The second-order valence-electron chi connectivity index (χ2n) is 5.17. The Hall–Kier alpha value is -2.73. The van der Waals surface area contributed by atoms with Gasteiger partial charge in [-0.15, -0.1) is 0 Å². The van der Waals surface area contributed by atoms with Crippen LogP contribution in [0.3, 0.4) is 0 Å². The third-order valence-electron chi connectivity index (χ3n) is 3.60. The molecule has 0 aliphatic heterocycles. The van der Waals surface area contributed by atoms with E-state index in [4.69, 9.17) is 0 Å². The second-order valence-corrected chi connectivity index (χ2v) is 6.54. The quantitative estimate of drug-likeness (QED) is 0.605. The number of imidazole rings is 1. The van der Waals surface area contributed by atoms with Gasteiger partial charge in [-0.1, -0.05) is 12.1 Å². The van der Waals surface area contributed by atoms with Gasteiger partial charge < -0.3 is 9.97 Å². The van der Waals surface area contributed by atoms with Gasteiger partial charge in [-0.25, -0.2) is 4.98 Å². The lowest BCUT2D eigenvalue weighted by Crippen LogP contribution is -2.00. The molecule has 0 saturated heterocycles. The summed E-state index contributed by atoms with van der Waals surface area (Å²) in [5.74, 6) is 0.338. The van der Waals surface area contributed by atoms with Crippen LogP contribution < -0.4 is 0 Å². The Balaban J connectivity index is 1.54. The molecule has 1 unspecified atom stereocenters. The van der Waals surface area contributed by atoms with Crippen molar-refractivity contribution in [3.63, 3.8) is 0 Å². The maximum atomic E-state index is 12.5. The van der Waals surface area contributed by atoms with Gasteiger partial charge in [-0.3, -0.25) is 9.19 Å². The molecule has 0 saturated carbocycles. The average molecular weight is 322 g/mol. The van der Waals surface area contributed by atoms with Gasteiger partial charge in [0, 0.05) is 23.7 Å². The molecule has 2 N–H and O–H groups in total. The van der Waals surface area contributed by atoms with Crippen molar-refractivity contribution in [1.29, 1.82) is 0 Å². The van der Waals surface area contributed by atoms with E-state index in [1.807, 2.05) is 54.7 Å². The largest absolute Gasteiger partial charge is 0.361 e. The molecule has 1 aromatic carbocycles. The number of H-pyrrole nitrogens is 2. The molecule has 5 nitrogen and oxygen atoms in total. The number of benzene rings is 1. The van der Waals surface area contributed by atoms with E-state index >= 15 is 0 Å². The van der Waals surface area contributed by atoms with Crippen LogP contribution in [-0.4, -0.2) is 24.1 Å². The van der Waals surface area contributed by atoms with Crippen LogP contribution in [0.5, 0.6) is 0 Å². The van der Waals surface area contributed by atoms with Crippen LogP contribution in [0.1, 0.15) is 5.69 Å². The Kier molecular flexibility index (Phi) is 3.51. The van der Waals surface area contributed by atoms with Gasteiger partial charge in [0.2, 0.25) is 0 Å². The molecule has 6 heteroatoms. The molecule has 0 bridgehead atoms. The van der Waals surface area contributed by atoms with Crippen molar-refractivity contribution < 1.29 is 4.21 Å². The van der Waals surface area contributed by atoms with E-state index in [0.717, 1.165) is 28.0 Å². The Morgan fingerprint density at radius 2 is 1.96 bits per heavy atom. The van der Waals surface area contributed by atoms with Gasteiger partial charge in [0.1, 0.15) is 0 Å². The summed E-state index contributed by atoms with van der Waals surface area (Å²) in [5, 5.41) is 0.487. The maximum absolute atomic E-state index is 12.5. The van der Waals surface area contributed by atoms with Crippen LogP contribution >= 0.6 is 0 Å². The Morgan fingerprint density at radius 3 is 2.70 bits per heavy atom. The van der Waals surface area contributed by atoms with Crippen LogP contribution in [0.4, 0.5) is 0 Å². The molecule has 0 spiro atoms. The number of aromatic nitrogens is 4. The molecule has 3 aromatic heterocycles. The zero-order valence-electron chi connectivity index (χ0n) is 12.2. The topological polar surface area (TPSA) is 74.4 Å². The maximum Gasteiger partial charge on any atom is 0.197 e. The van der Waals surface area contributed by atoms with E-state index in [2.05, 4.69) is 19.9 Å². The lowest BCUT2D eigenvalue weighted by Gasteiger charge is -2.01. The van der Waals surface area contributed by atoms with Crippen LogP contribution in [0.25, 0.3) is 22.3 Å². The minimum atomic E-state index is -1.25. The van der Waals surface area contributed by atoms with Crippen LogP contribution in [0.15, 0.2) is 66.1 Å². The number of aromatic amines is 2. The van der Waals surface area contributed by atoms with E-state index in [-0.39, 0.29) is 0 Å². The summed E-state index contributed by atoms with van der Waals surface area (Å²) >= 11 is 0. The molecular weight excluding hydrogens is 308 g/mol. The second kappa shape index (κ2) is 5.81. The minimum Gasteiger partial charge on any atom is -0.361 e. The Bertz CT molecular complexity index is 925. The number of rotatable bonds is 4. The van der Waals surface area contributed by atoms with Gasteiger partial charge in [0.15, 0.2) is 5.16 Å².